The van der Waals surface area contributed by atoms with Crippen molar-refractivity contribution in [2.24, 2.45) is 16.7 Å². The Morgan fingerprint density at radius 1 is 1.28 bits per heavy atom. The predicted molar refractivity (Wildman–Crippen MR) is 62.0 cm³/mol. The van der Waals surface area contributed by atoms with Gasteiger partial charge in [-0.25, -0.2) is 8.78 Å². The van der Waals surface area contributed by atoms with Gasteiger partial charge in [0, 0.05) is 6.04 Å². The summed E-state index contributed by atoms with van der Waals surface area (Å²) in [5.41, 5.74) is -0.114. The molecule has 2 bridgehead atoms. The maximum absolute atomic E-state index is 13.0. The van der Waals surface area contributed by atoms with Crippen LogP contribution in [0.25, 0.3) is 0 Å². The van der Waals surface area contributed by atoms with Crippen LogP contribution in [-0.2, 0) is 0 Å². The molecule has 0 amide bonds. The van der Waals surface area contributed by atoms with Crippen molar-refractivity contribution in [3.05, 3.63) is 0 Å². The largest absolute Gasteiger partial charge is 0.319 e. The van der Waals surface area contributed by atoms with E-state index in [1.54, 1.807) is 0 Å². The van der Waals surface area contributed by atoms with E-state index in [1.807, 2.05) is 0 Å². The summed E-state index contributed by atoms with van der Waals surface area (Å²) >= 11 is 0. The number of hydrogen-bond acceptors (Lipinski definition) is 1. The molecule has 5 heteroatoms. The summed E-state index contributed by atoms with van der Waals surface area (Å²) in [7, 11) is 0. The molecule has 2 rings (SSSR count). The molecule has 3 atom stereocenters. The summed E-state index contributed by atoms with van der Waals surface area (Å²) in [6, 6.07) is -0.103. The average molecular weight is 267 g/mol. The second-order valence-electron chi connectivity index (χ2n) is 6.79. The van der Waals surface area contributed by atoms with Gasteiger partial charge in [0.2, 0.25) is 0 Å². The zero-order chi connectivity index (χ0) is 13.8. The second kappa shape index (κ2) is 4.09. The molecule has 1 nitrogen and oxygen atoms in total. The Labute approximate surface area is 105 Å². The van der Waals surface area contributed by atoms with Gasteiger partial charge in [-0.3, -0.25) is 0 Å². The number of halogens is 4. The molecule has 0 radical (unpaired) electrons. The molecule has 2 aliphatic rings. The fourth-order valence-electron chi connectivity index (χ4n) is 4.13. The highest BCUT2D eigenvalue weighted by Gasteiger charge is 2.59. The zero-order valence-corrected chi connectivity index (χ0v) is 11.1. The van der Waals surface area contributed by atoms with Crippen LogP contribution in [0.5, 0.6) is 0 Å². The third kappa shape index (κ3) is 2.04. The lowest BCUT2D eigenvalue weighted by molar-refractivity contribution is -0.129. The predicted octanol–water partition coefficient (Wildman–Crippen LogP) is 3.69. The Morgan fingerprint density at radius 2 is 1.89 bits per heavy atom. The first-order chi connectivity index (χ1) is 8.09. The lowest BCUT2D eigenvalue weighted by Crippen LogP contribution is -2.54. The molecule has 0 aromatic heterocycles. The average Bonchev–Trinajstić information content (AvgIpc) is 2.68. The van der Waals surface area contributed by atoms with Crippen molar-refractivity contribution in [3.8, 4) is 0 Å². The Hall–Kier alpha value is -0.320. The van der Waals surface area contributed by atoms with E-state index in [1.165, 1.54) is 0 Å². The molecule has 0 heterocycles. The van der Waals surface area contributed by atoms with E-state index in [-0.39, 0.29) is 16.9 Å². The zero-order valence-electron chi connectivity index (χ0n) is 11.1. The summed E-state index contributed by atoms with van der Waals surface area (Å²) in [4.78, 5) is 0. The molecule has 3 unspecified atom stereocenters. The fourth-order valence-corrected chi connectivity index (χ4v) is 4.13. The van der Waals surface area contributed by atoms with E-state index >= 15 is 0 Å². The highest BCUT2D eigenvalue weighted by atomic mass is 19.3. The summed E-state index contributed by atoms with van der Waals surface area (Å²) < 4.78 is 50.4. The minimum Gasteiger partial charge on any atom is -0.307 e. The highest BCUT2D eigenvalue weighted by molar-refractivity contribution is 5.12. The second-order valence-corrected chi connectivity index (χ2v) is 6.79. The van der Waals surface area contributed by atoms with Crippen LogP contribution < -0.4 is 5.32 Å². The molecule has 18 heavy (non-hydrogen) atoms. The third-order valence-corrected chi connectivity index (χ3v) is 5.13. The molecular weight excluding hydrogens is 246 g/mol. The topological polar surface area (TPSA) is 12.0 Å². The van der Waals surface area contributed by atoms with Crippen LogP contribution in [0.15, 0.2) is 0 Å². The maximum Gasteiger partial charge on any atom is 0.319 e. The van der Waals surface area contributed by atoms with Crippen molar-refractivity contribution in [3.63, 3.8) is 0 Å². The van der Waals surface area contributed by atoms with Gasteiger partial charge in [0.25, 0.3) is 0 Å². The van der Waals surface area contributed by atoms with Crippen LogP contribution in [0.2, 0.25) is 0 Å². The molecule has 0 aliphatic heterocycles. The van der Waals surface area contributed by atoms with Gasteiger partial charge in [-0.05, 0) is 36.0 Å². The lowest BCUT2D eigenvalue weighted by atomic mass is 9.68. The van der Waals surface area contributed by atoms with Gasteiger partial charge in [-0.1, -0.05) is 20.8 Å². The number of rotatable bonds is 4. The lowest BCUT2D eigenvalue weighted by Gasteiger charge is -2.43. The van der Waals surface area contributed by atoms with Gasteiger partial charge in [-0.2, -0.15) is 8.78 Å². The maximum atomic E-state index is 13.0. The van der Waals surface area contributed by atoms with E-state index < -0.39 is 18.9 Å². The summed E-state index contributed by atoms with van der Waals surface area (Å²) in [6.07, 6.45) is -0.469. The van der Waals surface area contributed by atoms with Gasteiger partial charge in [-0.15, -0.1) is 0 Å². The van der Waals surface area contributed by atoms with Gasteiger partial charge in [0.05, 0.1) is 6.54 Å². The molecule has 0 spiro atoms. The Morgan fingerprint density at radius 3 is 2.33 bits per heavy atom. The van der Waals surface area contributed by atoms with Crippen molar-refractivity contribution in [1.29, 1.82) is 0 Å². The van der Waals surface area contributed by atoms with Crippen molar-refractivity contribution < 1.29 is 17.6 Å². The molecule has 0 aromatic carbocycles. The first kappa shape index (κ1) is 14.1. The van der Waals surface area contributed by atoms with Gasteiger partial charge in [0.1, 0.15) is 0 Å². The van der Waals surface area contributed by atoms with Crippen LogP contribution >= 0.6 is 0 Å². The molecule has 2 aliphatic carbocycles. The van der Waals surface area contributed by atoms with Crippen LogP contribution in [0, 0.1) is 16.7 Å². The van der Waals surface area contributed by atoms with Crippen LogP contribution in [0.4, 0.5) is 17.6 Å². The highest BCUT2D eigenvalue weighted by Crippen LogP contribution is 2.62. The molecule has 1 N–H and O–H groups in total. The first-order valence-corrected chi connectivity index (χ1v) is 6.49. The summed E-state index contributed by atoms with van der Waals surface area (Å²) in [6.45, 7) is 5.27. The first-order valence-electron chi connectivity index (χ1n) is 6.49. The molecule has 106 valence electrons. The van der Waals surface area contributed by atoms with Crippen molar-refractivity contribution in [2.45, 2.75) is 58.4 Å². The summed E-state index contributed by atoms with van der Waals surface area (Å²) in [5.74, 6) is -3.42. The van der Waals surface area contributed by atoms with Crippen LogP contribution in [0.3, 0.4) is 0 Å². The van der Waals surface area contributed by atoms with Crippen molar-refractivity contribution in [2.75, 3.05) is 6.54 Å². The van der Waals surface area contributed by atoms with Gasteiger partial charge < -0.3 is 5.32 Å². The normalized spacial score (nSPS) is 38.7. The van der Waals surface area contributed by atoms with Crippen LogP contribution in [-0.4, -0.2) is 24.9 Å². The number of alkyl halides is 4. The Bertz CT molecular complexity index is 324. The number of hydrogen-bond donors (Lipinski definition) is 1. The standard InChI is InChI=1S/C13H21F4N/c1-11(2)8-4-5-12(3,6-8)9(11)18-7-13(16,17)10(14)15/h8-10,18H,4-7H2,1-3H3. The fraction of sp³-hybridized carbons (Fsp3) is 1.00. The Balaban J connectivity index is 2.06. The van der Waals surface area contributed by atoms with Crippen molar-refractivity contribution in [1.82, 2.24) is 5.32 Å². The van der Waals surface area contributed by atoms with E-state index in [0.29, 0.717) is 5.92 Å². The Kier molecular flexibility index (Phi) is 3.20. The van der Waals surface area contributed by atoms with E-state index in [4.69, 9.17) is 0 Å². The number of nitrogens with one attached hydrogen (secondary N) is 1. The monoisotopic (exact) mass is 267 g/mol. The van der Waals surface area contributed by atoms with E-state index in [0.717, 1.165) is 19.3 Å². The van der Waals surface area contributed by atoms with E-state index in [2.05, 4.69) is 26.1 Å². The van der Waals surface area contributed by atoms with Crippen LogP contribution in [0.1, 0.15) is 40.0 Å². The third-order valence-electron chi connectivity index (χ3n) is 5.13. The minimum atomic E-state index is -3.94. The SMILES string of the molecule is CC12CCC(C1)C(C)(C)C2NCC(F)(F)C(F)F. The smallest absolute Gasteiger partial charge is 0.307 e. The quantitative estimate of drug-likeness (QED) is 0.766. The summed E-state index contributed by atoms with van der Waals surface area (Å²) in [5, 5.41) is 2.74. The molecule has 0 aromatic rings. The van der Waals surface area contributed by atoms with E-state index in [9.17, 15) is 17.6 Å². The van der Waals surface area contributed by atoms with Crippen molar-refractivity contribution >= 4 is 0 Å². The number of fused-ring (bicyclic) bond motifs is 2. The molecular formula is C13H21F4N. The van der Waals surface area contributed by atoms with Gasteiger partial charge >= 0.3 is 12.3 Å². The molecule has 2 saturated carbocycles. The molecule has 0 saturated heterocycles. The van der Waals surface area contributed by atoms with Gasteiger partial charge in [0.15, 0.2) is 0 Å². The minimum absolute atomic E-state index is 0.0215. The molecule has 2 fully saturated rings.